The predicted octanol–water partition coefficient (Wildman–Crippen LogP) is 2.19. The molecule has 26 heavy (non-hydrogen) atoms. The Morgan fingerprint density at radius 3 is 3.04 bits per heavy atom. The maximum Gasteiger partial charge on any atom is 0.292 e. The molecular weight excluding hydrogens is 354 g/mol. The highest BCUT2D eigenvalue weighted by molar-refractivity contribution is 7.09. The molecule has 4 heterocycles. The lowest BCUT2D eigenvalue weighted by Gasteiger charge is -2.23. The zero-order valence-electron chi connectivity index (χ0n) is 14.6. The summed E-state index contributed by atoms with van der Waals surface area (Å²) < 4.78 is 13.2. The highest BCUT2D eigenvalue weighted by Gasteiger charge is 2.29. The molecule has 1 aliphatic heterocycles. The van der Waals surface area contributed by atoms with Crippen molar-refractivity contribution in [2.75, 3.05) is 6.54 Å². The van der Waals surface area contributed by atoms with Crippen LogP contribution in [0.4, 0.5) is 0 Å². The SMILES string of the molecule is Cc1nc(CO[C@@H]2CN(C(=O)c3ocnc3C)Cc3ccnn3C2)cs1. The van der Waals surface area contributed by atoms with Crippen molar-refractivity contribution in [2.24, 2.45) is 0 Å². The van der Waals surface area contributed by atoms with Crippen molar-refractivity contribution < 1.29 is 13.9 Å². The molecule has 8 nitrogen and oxygen atoms in total. The second-order valence-electron chi connectivity index (χ2n) is 6.25. The molecule has 0 bridgehead atoms. The van der Waals surface area contributed by atoms with E-state index in [1.807, 2.05) is 23.1 Å². The number of carbonyl (C=O) groups excluding carboxylic acids is 1. The van der Waals surface area contributed by atoms with Gasteiger partial charge in [-0.2, -0.15) is 5.10 Å². The number of thiazole rings is 1. The lowest BCUT2D eigenvalue weighted by Crippen LogP contribution is -2.37. The third-order valence-corrected chi connectivity index (χ3v) is 5.14. The number of nitrogens with zero attached hydrogens (tertiary/aromatic N) is 5. The molecule has 9 heteroatoms. The fourth-order valence-corrected chi connectivity index (χ4v) is 3.60. The van der Waals surface area contributed by atoms with Gasteiger partial charge in [0.2, 0.25) is 5.76 Å². The average Bonchev–Trinajstić information content (AvgIpc) is 3.32. The average molecular weight is 373 g/mol. The fourth-order valence-electron chi connectivity index (χ4n) is 3.00. The van der Waals surface area contributed by atoms with E-state index in [9.17, 15) is 4.79 Å². The summed E-state index contributed by atoms with van der Waals surface area (Å²) in [6.45, 7) is 5.63. The standard InChI is InChI=1S/C17H19N5O3S/c1-11-16(25-10-18-11)17(23)21-5-14-3-4-19-22(14)7-15(6-21)24-8-13-9-26-12(2)20-13/h3-4,9-10,15H,5-8H2,1-2H3/t15-/m1/s1. The highest BCUT2D eigenvalue weighted by Crippen LogP contribution is 2.19. The van der Waals surface area contributed by atoms with Gasteiger partial charge in [0, 0.05) is 18.1 Å². The fraction of sp³-hybridized carbons (Fsp3) is 0.412. The minimum absolute atomic E-state index is 0.187. The number of hydrogen-bond donors (Lipinski definition) is 0. The molecule has 0 aromatic carbocycles. The van der Waals surface area contributed by atoms with Gasteiger partial charge in [-0.1, -0.05) is 0 Å². The first kappa shape index (κ1) is 16.9. The molecule has 0 saturated heterocycles. The summed E-state index contributed by atoms with van der Waals surface area (Å²) >= 11 is 1.60. The Hall–Kier alpha value is -2.52. The van der Waals surface area contributed by atoms with Crippen LogP contribution >= 0.6 is 11.3 Å². The van der Waals surface area contributed by atoms with E-state index in [-0.39, 0.29) is 17.8 Å². The van der Waals surface area contributed by atoms with Gasteiger partial charge in [0.05, 0.1) is 47.9 Å². The normalized spacial score (nSPS) is 17.2. The summed E-state index contributed by atoms with van der Waals surface area (Å²) in [5.41, 5.74) is 2.45. The molecule has 3 aromatic rings. The van der Waals surface area contributed by atoms with Crippen molar-refractivity contribution in [3.8, 4) is 0 Å². The molecule has 3 aromatic heterocycles. The highest BCUT2D eigenvalue weighted by atomic mass is 32.1. The molecule has 4 rings (SSSR count). The van der Waals surface area contributed by atoms with Gasteiger partial charge in [-0.15, -0.1) is 11.3 Å². The monoisotopic (exact) mass is 373 g/mol. The van der Waals surface area contributed by atoms with Crippen LogP contribution in [-0.4, -0.2) is 43.2 Å². The van der Waals surface area contributed by atoms with Gasteiger partial charge < -0.3 is 14.1 Å². The van der Waals surface area contributed by atoms with Crippen LogP contribution in [0.5, 0.6) is 0 Å². The van der Waals surface area contributed by atoms with Gasteiger partial charge in [0.25, 0.3) is 5.91 Å². The van der Waals surface area contributed by atoms with E-state index in [1.54, 1.807) is 29.4 Å². The van der Waals surface area contributed by atoms with Crippen molar-refractivity contribution in [3.05, 3.63) is 51.9 Å². The molecule has 0 N–H and O–H groups in total. The molecule has 0 radical (unpaired) electrons. The number of amides is 1. The maximum absolute atomic E-state index is 12.9. The first-order chi connectivity index (χ1) is 12.6. The van der Waals surface area contributed by atoms with E-state index >= 15 is 0 Å². The summed E-state index contributed by atoms with van der Waals surface area (Å²) in [4.78, 5) is 23.1. The van der Waals surface area contributed by atoms with Crippen molar-refractivity contribution in [3.63, 3.8) is 0 Å². The van der Waals surface area contributed by atoms with Gasteiger partial charge in [-0.25, -0.2) is 9.97 Å². The Balaban J connectivity index is 1.53. The van der Waals surface area contributed by atoms with Crippen LogP contribution in [0.2, 0.25) is 0 Å². The van der Waals surface area contributed by atoms with Gasteiger partial charge in [-0.3, -0.25) is 9.48 Å². The Kier molecular flexibility index (Phi) is 4.56. The summed E-state index contributed by atoms with van der Waals surface area (Å²) in [7, 11) is 0. The van der Waals surface area contributed by atoms with E-state index in [2.05, 4.69) is 15.1 Å². The zero-order valence-corrected chi connectivity index (χ0v) is 15.4. The van der Waals surface area contributed by atoms with Crippen molar-refractivity contribution in [1.29, 1.82) is 0 Å². The molecule has 0 aliphatic carbocycles. The van der Waals surface area contributed by atoms with Crippen molar-refractivity contribution >= 4 is 17.2 Å². The Morgan fingerprint density at radius 1 is 1.42 bits per heavy atom. The number of fused-ring (bicyclic) bond motifs is 1. The summed E-state index contributed by atoms with van der Waals surface area (Å²) in [6, 6.07) is 1.92. The maximum atomic E-state index is 12.9. The molecular formula is C17H19N5O3S. The lowest BCUT2D eigenvalue weighted by molar-refractivity contribution is 0.00729. The van der Waals surface area contributed by atoms with Crippen molar-refractivity contribution in [2.45, 2.75) is 39.6 Å². The number of aromatic nitrogens is 4. The molecule has 1 atom stereocenters. The minimum atomic E-state index is -0.190. The molecule has 0 saturated carbocycles. The molecule has 1 aliphatic rings. The molecule has 0 fully saturated rings. The second-order valence-corrected chi connectivity index (χ2v) is 7.31. The lowest BCUT2D eigenvalue weighted by atomic mass is 10.2. The molecule has 136 valence electrons. The third-order valence-electron chi connectivity index (χ3n) is 4.32. The number of aryl methyl sites for hydroxylation is 2. The zero-order chi connectivity index (χ0) is 18.1. The second kappa shape index (κ2) is 7.00. The summed E-state index contributed by atoms with van der Waals surface area (Å²) in [5, 5.41) is 7.35. The van der Waals surface area contributed by atoms with E-state index in [0.29, 0.717) is 31.9 Å². The first-order valence-electron chi connectivity index (χ1n) is 8.33. The van der Waals surface area contributed by atoms with Gasteiger partial charge in [-0.05, 0) is 19.9 Å². The van der Waals surface area contributed by atoms with Gasteiger partial charge in [0.1, 0.15) is 0 Å². The van der Waals surface area contributed by atoms with Gasteiger partial charge >= 0.3 is 0 Å². The smallest absolute Gasteiger partial charge is 0.292 e. The quantitative estimate of drug-likeness (QED) is 0.697. The summed E-state index contributed by atoms with van der Waals surface area (Å²) in [6.07, 6.45) is 2.85. The van der Waals surface area contributed by atoms with E-state index in [1.165, 1.54) is 6.39 Å². The Labute approximate surface area is 154 Å². The Morgan fingerprint density at radius 2 is 2.31 bits per heavy atom. The van der Waals surface area contributed by atoms with Crippen LogP contribution in [0.3, 0.4) is 0 Å². The number of ether oxygens (including phenoxy) is 1. The number of oxazole rings is 1. The van der Waals surface area contributed by atoms with Crippen LogP contribution in [0, 0.1) is 13.8 Å². The predicted molar refractivity (Wildman–Crippen MR) is 93.6 cm³/mol. The van der Waals surface area contributed by atoms with E-state index in [4.69, 9.17) is 9.15 Å². The first-order valence-corrected chi connectivity index (χ1v) is 9.21. The molecule has 0 spiro atoms. The van der Waals surface area contributed by atoms with Gasteiger partial charge in [0.15, 0.2) is 6.39 Å². The van der Waals surface area contributed by atoms with Crippen LogP contribution in [0.25, 0.3) is 0 Å². The number of carbonyl (C=O) groups is 1. The third kappa shape index (κ3) is 3.40. The van der Waals surface area contributed by atoms with Crippen molar-refractivity contribution in [1.82, 2.24) is 24.6 Å². The number of rotatable bonds is 4. The molecule has 0 unspecified atom stereocenters. The van der Waals surface area contributed by atoms with Crippen LogP contribution in [0.15, 0.2) is 28.5 Å². The van der Waals surface area contributed by atoms with Crippen LogP contribution < -0.4 is 0 Å². The van der Waals surface area contributed by atoms with Crippen LogP contribution in [-0.2, 0) is 24.4 Å². The molecule has 1 amide bonds. The van der Waals surface area contributed by atoms with E-state index in [0.717, 1.165) is 16.4 Å². The number of hydrogen-bond acceptors (Lipinski definition) is 7. The Bertz CT molecular complexity index is 915. The van der Waals surface area contributed by atoms with E-state index < -0.39 is 0 Å². The topological polar surface area (TPSA) is 86.3 Å². The minimum Gasteiger partial charge on any atom is -0.438 e. The van der Waals surface area contributed by atoms with Crippen LogP contribution in [0.1, 0.15) is 32.6 Å². The largest absolute Gasteiger partial charge is 0.438 e. The summed E-state index contributed by atoms with van der Waals surface area (Å²) in [5.74, 6) is 0.0830.